The minimum Gasteiger partial charge on any atom is -0.381 e. The molecular formula is C13H20N2O2S. The Kier molecular flexibility index (Phi) is 5.13. The molecule has 1 aliphatic heterocycles. The molecule has 2 rings (SSSR count). The lowest BCUT2D eigenvalue weighted by Crippen LogP contribution is -2.30. The van der Waals surface area contributed by atoms with Gasteiger partial charge in [0, 0.05) is 37.5 Å². The summed E-state index contributed by atoms with van der Waals surface area (Å²) >= 11 is 1.65. The normalized spacial score (nSPS) is 19.7. The number of rotatable bonds is 5. The maximum atomic E-state index is 11.7. The van der Waals surface area contributed by atoms with Crippen LogP contribution in [0.1, 0.15) is 29.8 Å². The van der Waals surface area contributed by atoms with E-state index in [-0.39, 0.29) is 5.91 Å². The molecule has 100 valence electrons. The second-order valence-corrected chi connectivity index (χ2v) is 5.69. The lowest BCUT2D eigenvalue weighted by molar-refractivity contribution is -0.123. The Labute approximate surface area is 112 Å². The van der Waals surface area contributed by atoms with E-state index in [1.54, 1.807) is 11.3 Å². The van der Waals surface area contributed by atoms with Crippen LogP contribution in [0.4, 0.5) is 0 Å². The molecule has 0 spiro atoms. The molecule has 1 amide bonds. The molecule has 1 atom stereocenters. The van der Waals surface area contributed by atoms with Gasteiger partial charge in [0.25, 0.3) is 0 Å². The van der Waals surface area contributed by atoms with Crippen molar-refractivity contribution in [1.82, 2.24) is 10.3 Å². The minimum atomic E-state index is 0.146. The summed E-state index contributed by atoms with van der Waals surface area (Å²) in [4.78, 5) is 17.2. The van der Waals surface area contributed by atoms with E-state index in [1.165, 1.54) is 4.88 Å². The van der Waals surface area contributed by atoms with E-state index in [4.69, 9.17) is 4.74 Å². The first-order valence-corrected chi connectivity index (χ1v) is 7.37. The van der Waals surface area contributed by atoms with E-state index in [9.17, 15) is 4.79 Å². The summed E-state index contributed by atoms with van der Waals surface area (Å²) in [6.45, 7) is 4.30. The molecule has 0 radical (unpaired) electrons. The third-order valence-corrected chi connectivity index (χ3v) is 4.24. The molecule has 0 bridgehead atoms. The van der Waals surface area contributed by atoms with Crippen molar-refractivity contribution in [2.24, 2.45) is 5.92 Å². The Morgan fingerprint density at radius 3 is 3.22 bits per heavy atom. The predicted octanol–water partition coefficient (Wildman–Crippen LogP) is 1.93. The molecular weight excluding hydrogens is 248 g/mol. The van der Waals surface area contributed by atoms with Crippen LogP contribution in [0.3, 0.4) is 0 Å². The number of ether oxygens (including phenoxy) is 1. The molecule has 5 heteroatoms. The fraction of sp³-hybridized carbons (Fsp3) is 0.692. The van der Waals surface area contributed by atoms with E-state index in [0.717, 1.165) is 38.2 Å². The lowest BCUT2D eigenvalue weighted by atomic mass is 9.98. The Hall–Kier alpha value is -0.940. The van der Waals surface area contributed by atoms with Gasteiger partial charge in [0.2, 0.25) is 5.91 Å². The van der Waals surface area contributed by atoms with Gasteiger partial charge in [0.15, 0.2) is 0 Å². The molecule has 0 aromatic carbocycles. The second-order valence-electron chi connectivity index (χ2n) is 4.75. The molecule has 1 aliphatic rings. The van der Waals surface area contributed by atoms with E-state index in [2.05, 4.69) is 10.3 Å². The van der Waals surface area contributed by atoms with Gasteiger partial charge in [-0.3, -0.25) is 4.79 Å². The summed E-state index contributed by atoms with van der Waals surface area (Å²) in [7, 11) is 0. The van der Waals surface area contributed by atoms with Crippen LogP contribution in [0.25, 0.3) is 0 Å². The highest BCUT2D eigenvalue weighted by Gasteiger charge is 2.17. The Bertz CT molecular complexity index is 386. The third-order valence-electron chi connectivity index (χ3n) is 3.25. The fourth-order valence-corrected chi connectivity index (χ4v) is 2.97. The van der Waals surface area contributed by atoms with E-state index < -0.39 is 0 Å². The van der Waals surface area contributed by atoms with Crippen molar-refractivity contribution in [3.05, 3.63) is 16.1 Å². The smallest absolute Gasteiger partial charge is 0.220 e. The van der Waals surface area contributed by atoms with Crippen LogP contribution < -0.4 is 5.32 Å². The van der Waals surface area contributed by atoms with Gasteiger partial charge in [-0.2, -0.15) is 0 Å². The number of amides is 1. The SMILES string of the molecule is Cc1ncsc1CCNC(=O)CC1CCCOC1. The summed E-state index contributed by atoms with van der Waals surface area (Å²) in [6, 6.07) is 0. The largest absolute Gasteiger partial charge is 0.381 e. The highest BCUT2D eigenvalue weighted by molar-refractivity contribution is 7.09. The number of thiazole rings is 1. The number of carbonyl (C=O) groups excluding carboxylic acids is 1. The molecule has 1 aromatic rings. The van der Waals surface area contributed by atoms with Crippen LogP contribution in [-0.4, -0.2) is 30.6 Å². The maximum absolute atomic E-state index is 11.7. The number of nitrogens with one attached hydrogen (secondary N) is 1. The first-order chi connectivity index (χ1) is 8.75. The standard InChI is InChI=1S/C13H20N2O2S/c1-10-12(18-9-15-10)4-5-14-13(16)7-11-3-2-6-17-8-11/h9,11H,2-8H2,1H3,(H,14,16). The molecule has 1 N–H and O–H groups in total. The number of aryl methyl sites for hydroxylation is 1. The van der Waals surface area contributed by atoms with Crippen molar-refractivity contribution in [2.75, 3.05) is 19.8 Å². The van der Waals surface area contributed by atoms with Crippen LogP contribution in [0, 0.1) is 12.8 Å². The average molecular weight is 268 g/mol. The molecule has 1 aromatic heterocycles. The summed E-state index contributed by atoms with van der Waals surface area (Å²) in [5.41, 5.74) is 2.93. The zero-order chi connectivity index (χ0) is 12.8. The van der Waals surface area contributed by atoms with Gasteiger partial charge in [-0.1, -0.05) is 0 Å². The van der Waals surface area contributed by atoms with Crippen molar-refractivity contribution in [3.63, 3.8) is 0 Å². The first-order valence-electron chi connectivity index (χ1n) is 6.49. The molecule has 0 saturated carbocycles. The second kappa shape index (κ2) is 6.85. The van der Waals surface area contributed by atoms with Gasteiger partial charge in [0.05, 0.1) is 11.2 Å². The molecule has 4 nitrogen and oxygen atoms in total. The highest BCUT2D eigenvalue weighted by Crippen LogP contribution is 2.17. The highest BCUT2D eigenvalue weighted by atomic mass is 32.1. The zero-order valence-electron chi connectivity index (χ0n) is 10.8. The Morgan fingerprint density at radius 2 is 2.56 bits per heavy atom. The van der Waals surface area contributed by atoms with Gasteiger partial charge < -0.3 is 10.1 Å². The van der Waals surface area contributed by atoms with Gasteiger partial charge >= 0.3 is 0 Å². The van der Waals surface area contributed by atoms with E-state index in [1.807, 2.05) is 12.4 Å². The number of carbonyl (C=O) groups is 1. The van der Waals surface area contributed by atoms with Crippen LogP contribution in [0.15, 0.2) is 5.51 Å². The Balaban J connectivity index is 1.64. The van der Waals surface area contributed by atoms with Crippen LogP contribution >= 0.6 is 11.3 Å². The molecule has 1 unspecified atom stereocenters. The fourth-order valence-electron chi connectivity index (χ4n) is 2.18. The third kappa shape index (κ3) is 4.07. The summed E-state index contributed by atoms with van der Waals surface area (Å²) < 4.78 is 5.38. The number of aromatic nitrogens is 1. The number of hydrogen-bond donors (Lipinski definition) is 1. The van der Waals surface area contributed by atoms with Crippen molar-refractivity contribution in [1.29, 1.82) is 0 Å². The summed E-state index contributed by atoms with van der Waals surface area (Å²) in [5, 5.41) is 2.98. The van der Waals surface area contributed by atoms with Crippen LogP contribution in [0.2, 0.25) is 0 Å². The average Bonchev–Trinajstić information content (AvgIpc) is 2.76. The number of nitrogens with zero attached hydrogens (tertiary/aromatic N) is 1. The van der Waals surface area contributed by atoms with Crippen molar-refractivity contribution in [3.8, 4) is 0 Å². The van der Waals surface area contributed by atoms with Gasteiger partial charge in [-0.05, 0) is 25.7 Å². The predicted molar refractivity (Wildman–Crippen MR) is 71.7 cm³/mol. The lowest BCUT2D eigenvalue weighted by Gasteiger charge is -2.21. The van der Waals surface area contributed by atoms with Crippen LogP contribution in [-0.2, 0) is 16.0 Å². The van der Waals surface area contributed by atoms with Crippen molar-refractivity contribution < 1.29 is 9.53 Å². The van der Waals surface area contributed by atoms with Crippen molar-refractivity contribution in [2.45, 2.75) is 32.6 Å². The van der Waals surface area contributed by atoms with Crippen LogP contribution in [0.5, 0.6) is 0 Å². The minimum absolute atomic E-state index is 0.146. The molecule has 1 saturated heterocycles. The van der Waals surface area contributed by atoms with E-state index in [0.29, 0.717) is 18.9 Å². The number of hydrogen-bond acceptors (Lipinski definition) is 4. The quantitative estimate of drug-likeness (QED) is 0.887. The summed E-state index contributed by atoms with van der Waals surface area (Å²) in [5.74, 6) is 0.552. The topological polar surface area (TPSA) is 51.2 Å². The first kappa shape index (κ1) is 13.5. The molecule has 1 fully saturated rings. The van der Waals surface area contributed by atoms with Crippen molar-refractivity contribution >= 4 is 17.2 Å². The summed E-state index contributed by atoms with van der Waals surface area (Å²) in [6.07, 6.45) is 3.67. The molecule has 0 aliphatic carbocycles. The zero-order valence-corrected chi connectivity index (χ0v) is 11.6. The molecule has 2 heterocycles. The van der Waals surface area contributed by atoms with E-state index >= 15 is 0 Å². The van der Waals surface area contributed by atoms with Gasteiger partial charge in [0.1, 0.15) is 0 Å². The monoisotopic (exact) mass is 268 g/mol. The Morgan fingerprint density at radius 1 is 1.67 bits per heavy atom. The van der Waals surface area contributed by atoms with Gasteiger partial charge in [-0.25, -0.2) is 4.98 Å². The van der Waals surface area contributed by atoms with Gasteiger partial charge in [-0.15, -0.1) is 11.3 Å². The molecule has 18 heavy (non-hydrogen) atoms. The maximum Gasteiger partial charge on any atom is 0.220 e.